The third kappa shape index (κ3) is 4.18. The number of hydrogen-bond donors (Lipinski definition) is 0. The number of halogens is 2. The van der Waals surface area contributed by atoms with Gasteiger partial charge in [-0.25, -0.2) is 0 Å². The Kier molecular flexibility index (Phi) is 4.32. The second kappa shape index (κ2) is 5.05. The van der Waals surface area contributed by atoms with Crippen molar-refractivity contribution in [3.8, 4) is 5.75 Å². The molecule has 0 radical (unpaired) electrons. The van der Waals surface area contributed by atoms with Crippen molar-refractivity contribution in [3.05, 3.63) is 26.8 Å². The molecule has 1 aromatic carbocycles. The lowest BCUT2D eigenvalue weighted by Gasteiger charge is -2.09. The van der Waals surface area contributed by atoms with Gasteiger partial charge in [0.25, 0.3) is 0 Å². The Balaban J connectivity index is 2.66. The summed E-state index contributed by atoms with van der Waals surface area (Å²) < 4.78 is 6.64. The summed E-state index contributed by atoms with van der Waals surface area (Å²) in [4.78, 5) is 0. The lowest BCUT2D eigenvalue weighted by molar-refractivity contribution is 0.271. The van der Waals surface area contributed by atoms with Crippen molar-refractivity contribution < 1.29 is 4.74 Å². The first kappa shape index (κ1) is 11.1. The van der Waals surface area contributed by atoms with Gasteiger partial charge in [0, 0.05) is 8.59 Å². The lowest BCUT2D eigenvalue weighted by atomic mass is 10.2. The van der Waals surface area contributed by atoms with E-state index >= 15 is 0 Å². The standard InChI is InChI=1S/C10H12ClIO/c1-7(2)6-13-10-4-8(11)3-9(12)5-10/h3-5,7H,6H2,1-2H3. The van der Waals surface area contributed by atoms with Gasteiger partial charge in [0.15, 0.2) is 0 Å². The predicted octanol–water partition coefficient (Wildman–Crippen LogP) is 3.98. The third-order valence-corrected chi connectivity index (χ3v) is 2.26. The number of ether oxygens (including phenoxy) is 1. The highest BCUT2D eigenvalue weighted by Crippen LogP contribution is 2.22. The highest BCUT2D eigenvalue weighted by atomic mass is 127. The molecule has 0 aliphatic heterocycles. The Hall–Kier alpha value is 0.0400. The average Bonchev–Trinajstić information content (AvgIpc) is 1.99. The molecule has 3 heteroatoms. The van der Waals surface area contributed by atoms with Crippen LogP contribution in [0.2, 0.25) is 5.02 Å². The molecular weight excluding hydrogens is 298 g/mol. The van der Waals surface area contributed by atoms with E-state index in [1.807, 2.05) is 18.2 Å². The summed E-state index contributed by atoms with van der Waals surface area (Å²) in [7, 11) is 0. The smallest absolute Gasteiger partial charge is 0.121 e. The highest BCUT2D eigenvalue weighted by molar-refractivity contribution is 14.1. The summed E-state index contributed by atoms with van der Waals surface area (Å²) >= 11 is 8.10. The highest BCUT2D eigenvalue weighted by Gasteiger charge is 2.00. The van der Waals surface area contributed by atoms with Crippen molar-refractivity contribution in [1.29, 1.82) is 0 Å². The van der Waals surface area contributed by atoms with Crippen LogP contribution in [0.3, 0.4) is 0 Å². The summed E-state index contributed by atoms with van der Waals surface area (Å²) in [6.45, 7) is 4.97. The van der Waals surface area contributed by atoms with Crippen LogP contribution in [0.15, 0.2) is 18.2 Å². The van der Waals surface area contributed by atoms with E-state index in [-0.39, 0.29) is 0 Å². The van der Waals surface area contributed by atoms with Crippen LogP contribution in [-0.2, 0) is 0 Å². The second-order valence-electron chi connectivity index (χ2n) is 3.31. The quantitative estimate of drug-likeness (QED) is 0.767. The molecule has 1 rings (SSSR count). The van der Waals surface area contributed by atoms with Crippen molar-refractivity contribution in [2.24, 2.45) is 5.92 Å². The fourth-order valence-electron chi connectivity index (χ4n) is 0.875. The zero-order chi connectivity index (χ0) is 9.84. The first-order valence-corrected chi connectivity index (χ1v) is 5.62. The molecule has 13 heavy (non-hydrogen) atoms. The minimum atomic E-state index is 0.539. The molecule has 0 spiro atoms. The zero-order valence-corrected chi connectivity index (χ0v) is 10.6. The van der Waals surface area contributed by atoms with Gasteiger partial charge in [0.1, 0.15) is 5.75 Å². The van der Waals surface area contributed by atoms with E-state index in [0.29, 0.717) is 5.92 Å². The lowest BCUT2D eigenvalue weighted by Crippen LogP contribution is -2.04. The van der Waals surface area contributed by atoms with E-state index in [2.05, 4.69) is 36.4 Å². The molecule has 0 bridgehead atoms. The Morgan fingerprint density at radius 1 is 1.38 bits per heavy atom. The summed E-state index contributed by atoms with van der Waals surface area (Å²) in [5.41, 5.74) is 0. The fraction of sp³-hybridized carbons (Fsp3) is 0.400. The Bertz CT molecular complexity index is 266. The van der Waals surface area contributed by atoms with E-state index in [4.69, 9.17) is 16.3 Å². The van der Waals surface area contributed by atoms with Crippen LogP contribution >= 0.6 is 34.2 Å². The molecule has 1 nitrogen and oxygen atoms in total. The SMILES string of the molecule is CC(C)COc1cc(Cl)cc(I)c1. The number of benzene rings is 1. The van der Waals surface area contributed by atoms with Crippen LogP contribution in [0.4, 0.5) is 0 Å². The molecule has 0 atom stereocenters. The largest absolute Gasteiger partial charge is 0.493 e. The molecule has 1 aromatic rings. The number of hydrogen-bond acceptors (Lipinski definition) is 1. The molecular formula is C10H12ClIO. The van der Waals surface area contributed by atoms with Gasteiger partial charge < -0.3 is 4.74 Å². The van der Waals surface area contributed by atoms with Crippen LogP contribution in [0.25, 0.3) is 0 Å². The van der Waals surface area contributed by atoms with E-state index in [1.54, 1.807) is 0 Å². The first-order chi connectivity index (χ1) is 6.08. The molecule has 0 aliphatic carbocycles. The van der Waals surface area contributed by atoms with Gasteiger partial charge in [0.05, 0.1) is 6.61 Å². The Labute approximate surface area is 97.6 Å². The number of rotatable bonds is 3. The first-order valence-electron chi connectivity index (χ1n) is 4.17. The third-order valence-electron chi connectivity index (χ3n) is 1.42. The molecule has 0 aromatic heterocycles. The molecule has 0 unspecified atom stereocenters. The normalized spacial score (nSPS) is 10.5. The van der Waals surface area contributed by atoms with Gasteiger partial charge in [-0.2, -0.15) is 0 Å². The topological polar surface area (TPSA) is 9.23 Å². The van der Waals surface area contributed by atoms with Crippen LogP contribution in [0.1, 0.15) is 13.8 Å². The van der Waals surface area contributed by atoms with E-state index in [0.717, 1.165) is 20.9 Å². The van der Waals surface area contributed by atoms with Crippen LogP contribution in [0.5, 0.6) is 5.75 Å². The van der Waals surface area contributed by atoms with Gasteiger partial charge in [-0.3, -0.25) is 0 Å². The molecule has 0 N–H and O–H groups in total. The summed E-state index contributed by atoms with van der Waals surface area (Å²) in [6, 6.07) is 5.73. The van der Waals surface area contributed by atoms with Gasteiger partial charge in [-0.05, 0) is 46.7 Å². The average molecular weight is 311 g/mol. The van der Waals surface area contributed by atoms with Gasteiger partial charge in [-0.15, -0.1) is 0 Å². The summed E-state index contributed by atoms with van der Waals surface area (Å²) in [5, 5.41) is 0.727. The second-order valence-corrected chi connectivity index (χ2v) is 4.99. The van der Waals surface area contributed by atoms with Crippen molar-refractivity contribution in [3.63, 3.8) is 0 Å². The Morgan fingerprint density at radius 2 is 2.08 bits per heavy atom. The van der Waals surface area contributed by atoms with E-state index in [1.165, 1.54) is 0 Å². The summed E-state index contributed by atoms with van der Waals surface area (Å²) in [5.74, 6) is 1.39. The molecule has 0 fully saturated rings. The van der Waals surface area contributed by atoms with Gasteiger partial charge in [-0.1, -0.05) is 25.4 Å². The zero-order valence-electron chi connectivity index (χ0n) is 7.68. The van der Waals surface area contributed by atoms with E-state index in [9.17, 15) is 0 Å². The Morgan fingerprint density at radius 3 is 2.62 bits per heavy atom. The minimum Gasteiger partial charge on any atom is -0.493 e. The molecule has 0 saturated carbocycles. The molecule has 0 amide bonds. The van der Waals surface area contributed by atoms with Gasteiger partial charge in [0.2, 0.25) is 0 Å². The van der Waals surface area contributed by atoms with Crippen LogP contribution < -0.4 is 4.74 Å². The van der Waals surface area contributed by atoms with Crippen LogP contribution in [-0.4, -0.2) is 6.61 Å². The van der Waals surface area contributed by atoms with Crippen molar-refractivity contribution in [2.45, 2.75) is 13.8 Å². The minimum absolute atomic E-state index is 0.539. The van der Waals surface area contributed by atoms with Crippen LogP contribution in [0, 0.1) is 9.49 Å². The monoisotopic (exact) mass is 310 g/mol. The van der Waals surface area contributed by atoms with Gasteiger partial charge >= 0.3 is 0 Å². The van der Waals surface area contributed by atoms with Crippen molar-refractivity contribution >= 4 is 34.2 Å². The van der Waals surface area contributed by atoms with Crippen molar-refractivity contribution in [1.82, 2.24) is 0 Å². The molecule has 0 heterocycles. The maximum absolute atomic E-state index is 5.88. The molecule has 72 valence electrons. The predicted molar refractivity (Wildman–Crippen MR) is 64.5 cm³/mol. The maximum atomic E-state index is 5.88. The van der Waals surface area contributed by atoms with E-state index < -0.39 is 0 Å². The maximum Gasteiger partial charge on any atom is 0.121 e. The van der Waals surface area contributed by atoms with Crippen molar-refractivity contribution in [2.75, 3.05) is 6.61 Å². The fourth-order valence-corrected chi connectivity index (χ4v) is 1.93. The summed E-state index contributed by atoms with van der Waals surface area (Å²) in [6.07, 6.45) is 0. The molecule has 0 aliphatic rings. The molecule has 0 saturated heterocycles.